The molecule has 0 spiro atoms. The Bertz CT molecular complexity index is 1560. The first-order valence-electron chi connectivity index (χ1n) is 15.8. The average molecular weight is 573 g/mol. The quantitative estimate of drug-likeness (QED) is 0.442. The Morgan fingerprint density at radius 3 is 2.60 bits per heavy atom. The number of nitrogens with one attached hydrogen (secondary N) is 1. The molecule has 42 heavy (non-hydrogen) atoms. The van der Waals surface area contributed by atoms with Crippen LogP contribution in [0.2, 0.25) is 0 Å². The molecule has 5 aliphatic rings. The van der Waals surface area contributed by atoms with Crippen molar-refractivity contribution in [1.82, 2.24) is 30.2 Å². The van der Waals surface area contributed by atoms with Crippen molar-refractivity contribution in [3.05, 3.63) is 28.7 Å². The highest BCUT2D eigenvalue weighted by atomic mass is 19.1. The lowest BCUT2D eigenvalue weighted by Gasteiger charge is -2.35. The predicted molar refractivity (Wildman–Crippen MR) is 161 cm³/mol. The lowest BCUT2D eigenvalue weighted by Crippen LogP contribution is -2.51. The van der Waals surface area contributed by atoms with Gasteiger partial charge in [0, 0.05) is 31.7 Å². The van der Waals surface area contributed by atoms with Gasteiger partial charge in [0.15, 0.2) is 5.82 Å². The Hall–Kier alpha value is -3.11. The summed E-state index contributed by atoms with van der Waals surface area (Å²) >= 11 is 0. The lowest BCUT2D eigenvalue weighted by molar-refractivity contribution is 0.107. The molecular weight excluding hydrogens is 531 g/mol. The molecule has 3 aromatic heterocycles. The van der Waals surface area contributed by atoms with Crippen LogP contribution in [-0.2, 0) is 0 Å². The van der Waals surface area contributed by atoms with Crippen molar-refractivity contribution in [1.29, 1.82) is 0 Å². The fourth-order valence-electron chi connectivity index (χ4n) is 8.52. The Labute approximate surface area is 246 Å². The summed E-state index contributed by atoms with van der Waals surface area (Å²) in [6, 6.07) is 2.94. The molecule has 0 radical (unpaired) electrons. The summed E-state index contributed by atoms with van der Waals surface area (Å²) in [5.74, 6) is 1.63. The molecule has 1 aliphatic carbocycles. The number of halogens is 1. The number of piperazine rings is 1. The van der Waals surface area contributed by atoms with Crippen molar-refractivity contribution >= 4 is 22.5 Å². The minimum absolute atomic E-state index is 0.0199. The number of aromatic nitrogens is 4. The van der Waals surface area contributed by atoms with Crippen LogP contribution in [0.15, 0.2) is 6.07 Å². The van der Waals surface area contributed by atoms with Crippen LogP contribution in [0.1, 0.15) is 74.6 Å². The van der Waals surface area contributed by atoms with Crippen molar-refractivity contribution < 1.29 is 9.13 Å². The smallest absolute Gasteiger partial charge is 0.319 e. The second-order valence-electron chi connectivity index (χ2n) is 13.7. The van der Waals surface area contributed by atoms with E-state index < -0.39 is 5.82 Å². The van der Waals surface area contributed by atoms with Gasteiger partial charge in [-0.2, -0.15) is 9.97 Å². The van der Waals surface area contributed by atoms with E-state index >= 15 is 4.39 Å². The number of hydrogen-bond acceptors (Lipinski definition) is 9. The van der Waals surface area contributed by atoms with Crippen molar-refractivity contribution in [3.8, 4) is 17.4 Å². The number of nitrogens with two attached hydrogens (primary N) is 1. The van der Waals surface area contributed by atoms with Gasteiger partial charge in [0.1, 0.15) is 29.5 Å². The number of ether oxygens (including phenoxy) is 1. The van der Waals surface area contributed by atoms with E-state index in [2.05, 4.69) is 27.0 Å². The number of anilines is 2. The first-order valence-corrected chi connectivity index (χ1v) is 15.8. The Morgan fingerprint density at radius 1 is 1.05 bits per heavy atom. The molecule has 7 heterocycles. The van der Waals surface area contributed by atoms with E-state index in [4.69, 9.17) is 25.4 Å². The second-order valence-corrected chi connectivity index (χ2v) is 13.7. The number of pyridine rings is 2. The van der Waals surface area contributed by atoms with E-state index in [1.54, 1.807) is 0 Å². The first kappa shape index (κ1) is 26.5. The topological polar surface area (TPSA) is 105 Å². The largest absolute Gasteiger partial charge is 0.461 e. The molecule has 2 unspecified atom stereocenters. The van der Waals surface area contributed by atoms with Gasteiger partial charge in [-0.15, -0.1) is 0 Å². The first-order chi connectivity index (χ1) is 20.3. The standard InChI is InChI=1S/C32H41FN8O/c1-17-12-32(9-4-10-41(32)13-17)16-42-31-38-27-25(30(39-31)40-14-21-7-8-22(15-40)36-21)19(3)35-29(26(27)33)28-24(20-5-6-20)18(2)11-23(34)37-28/h11,17,20-22,36H,4-10,12-16H2,1-3H3,(H2,34,37)/t17-,21?,22?,32+/m1/s1. The van der Waals surface area contributed by atoms with E-state index in [1.807, 2.05) is 19.9 Å². The summed E-state index contributed by atoms with van der Waals surface area (Å²) in [5.41, 5.74) is 10.0. The van der Waals surface area contributed by atoms with Crippen molar-refractivity contribution in [2.24, 2.45) is 5.92 Å². The van der Waals surface area contributed by atoms with E-state index in [0.29, 0.717) is 53.1 Å². The molecule has 4 aliphatic heterocycles. The molecule has 3 aromatic rings. The van der Waals surface area contributed by atoms with Gasteiger partial charge in [0.2, 0.25) is 0 Å². The zero-order chi connectivity index (χ0) is 28.7. The van der Waals surface area contributed by atoms with Gasteiger partial charge in [0.05, 0.1) is 22.3 Å². The zero-order valence-electron chi connectivity index (χ0n) is 24.9. The van der Waals surface area contributed by atoms with Gasteiger partial charge in [-0.3, -0.25) is 4.90 Å². The van der Waals surface area contributed by atoms with Crippen LogP contribution in [0.4, 0.5) is 16.0 Å². The summed E-state index contributed by atoms with van der Waals surface area (Å²) < 4.78 is 23.3. The molecule has 5 fully saturated rings. The number of nitrogens with zero attached hydrogens (tertiary/aromatic N) is 6. The van der Waals surface area contributed by atoms with E-state index in [9.17, 15) is 0 Å². The van der Waals surface area contributed by atoms with Crippen molar-refractivity contribution in [2.45, 2.75) is 89.3 Å². The van der Waals surface area contributed by atoms with Crippen LogP contribution in [-0.4, -0.2) is 75.2 Å². The summed E-state index contributed by atoms with van der Waals surface area (Å²) in [6.45, 7) is 10.7. The van der Waals surface area contributed by atoms with Crippen molar-refractivity contribution in [3.63, 3.8) is 0 Å². The van der Waals surface area contributed by atoms with Gasteiger partial charge >= 0.3 is 6.01 Å². The Morgan fingerprint density at radius 2 is 1.83 bits per heavy atom. The molecule has 222 valence electrons. The zero-order valence-corrected chi connectivity index (χ0v) is 24.9. The van der Waals surface area contributed by atoms with Crippen LogP contribution < -0.4 is 20.7 Å². The van der Waals surface area contributed by atoms with Crippen LogP contribution in [0.25, 0.3) is 22.3 Å². The van der Waals surface area contributed by atoms with Gasteiger partial charge in [0.25, 0.3) is 0 Å². The van der Waals surface area contributed by atoms with E-state index in [-0.39, 0.29) is 22.8 Å². The number of nitrogen functional groups attached to an aromatic ring is 1. The maximum Gasteiger partial charge on any atom is 0.319 e. The number of aryl methyl sites for hydroxylation is 2. The molecule has 0 amide bonds. The molecule has 0 aromatic carbocycles. The van der Waals surface area contributed by atoms with E-state index in [1.165, 1.54) is 6.42 Å². The third-order valence-corrected chi connectivity index (χ3v) is 10.4. The number of rotatable bonds is 6. The Balaban J connectivity index is 1.26. The van der Waals surface area contributed by atoms with Crippen LogP contribution in [0, 0.1) is 25.6 Å². The third-order valence-electron chi connectivity index (χ3n) is 10.4. The molecular formula is C32H41FN8O. The highest BCUT2D eigenvalue weighted by molar-refractivity contribution is 5.94. The van der Waals surface area contributed by atoms with Crippen LogP contribution in [0.5, 0.6) is 6.01 Å². The van der Waals surface area contributed by atoms with Gasteiger partial charge in [-0.25, -0.2) is 14.4 Å². The minimum Gasteiger partial charge on any atom is -0.461 e. The molecule has 8 rings (SSSR count). The fourth-order valence-corrected chi connectivity index (χ4v) is 8.52. The predicted octanol–water partition coefficient (Wildman–Crippen LogP) is 4.50. The molecule has 1 saturated carbocycles. The third kappa shape index (κ3) is 4.32. The summed E-state index contributed by atoms with van der Waals surface area (Å²) in [7, 11) is 0. The Kier molecular flexibility index (Phi) is 6.13. The summed E-state index contributed by atoms with van der Waals surface area (Å²) in [5, 5.41) is 4.36. The number of fused-ring (bicyclic) bond motifs is 4. The summed E-state index contributed by atoms with van der Waals surface area (Å²) in [6.07, 6.45) is 7.84. The fraction of sp³-hybridized carbons (Fsp3) is 0.625. The van der Waals surface area contributed by atoms with Crippen molar-refractivity contribution in [2.75, 3.05) is 43.4 Å². The van der Waals surface area contributed by atoms with Gasteiger partial charge in [-0.1, -0.05) is 6.92 Å². The molecule has 9 nitrogen and oxygen atoms in total. The minimum atomic E-state index is -0.475. The van der Waals surface area contributed by atoms with Gasteiger partial charge < -0.3 is 20.7 Å². The SMILES string of the molecule is Cc1cc(N)nc(-c2nc(C)c3c(N4CC5CCC(C4)N5)nc(OC[C@@]45CCCN4C[C@H](C)C5)nc3c2F)c1C1CC1. The average Bonchev–Trinajstić information content (AvgIpc) is 3.53. The van der Waals surface area contributed by atoms with Crippen LogP contribution in [0.3, 0.4) is 0 Å². The molecule has 4 saturated heterocycles. The van der Waals surface area contributed by atoms with Gasteiger partial charge in [-0.05, 0) is 94.4 Å². The normalized spacial score (nSPS) is 29.0. The molecule has 3 N–H and O–H groups in total. The van der Waals surface area contributed by atoms with Crippen LogP contribution >= 0.6 is 0 Å². The molecule has 2 bridgehead atoms. The highest BCUT2D eigenvalue weighted by Crippen LogP contribution is 2.47. The highest BCUT2D eigenvalue weighted by Gasteiger charge is 2.48. The maximum absolute atomic E-state index is 16.8. The lowest BCUT2D eigenvalue weighted by atomic mass is 9.92. The van der Waals surface area contributed by atoms with E-state index in [0.717, 1.165) is 81.6 Å². The second kappa shape index (κ2) is 9.71. The molecule has 10 heteroatoms. The number of hydrogen-bond donors (Lipinski definition) is 2. The monoisotopic (exact) mass is 572 g/mol. The molecule has 4 atom stereocenters. The summed E-state index contributed by atoms with van der Waals surface area (Å²) in [4.78, 5) is 24.2. The maximum atomic E-state index is 16.8.